The monoisotopic (exact) mass is 1850 g/mol. The summed E-state index contributed by atoms with van der Waals surface area (Å²) in [6.07, 6.45) is 93.9. The number of ether oxygens (including phenoxy) is 7. The molecule has 0 unspecified atom stereocenters. The molecule has 0 rings (SSSR count). The molecule has 0 aliphatic heterocycles. The highest BCUT2D eigenvalue weighted by Crippen LogP contribution is 2.30. The lowest BCUT2D eigenvalue weighted by Crippen LogP contribution is -2.47. The molecule has 0 aromatic carbocycles. The Morgan fingerprint density at radius 1 is 0.137 bits per heavy atom. The van der Waals surface area contributed by atoms with Crippen molar-refractivity contribution in [1.82, 2.24) is 0 Å². The normalized spacial score (nSPS) is 12.0. The molecule has 0 spiro atoms. The summed E-state index contributed by atoms with van der Waals surface area (Å²) in [7, 11) is 0. The summed E-state index contributed by atoms with van der Waals surface area (Å²) in [6, 6.07) is 0. The van der Waals surface area contributed by atoms with Crippen molar-refractivity contribution in [3.8, 4) is 0 Å². The van der Waals surface area contributed by atoms with Crippen molar-refractivity contribution in [2.45, 2.75) is 622 Å². The minimum atomic E-state index is -1.38. The first-order chi connectivity index (χ1) is 63.6. The van der Waals surface area contributed by atoms with Crippen molar-refractivity contribution in [2.75, 3.05) is 52.9 Å². The maximum atomic E-state index is 14.2. The topological polar surface area (TPSA) is 167 Å². The van der Waals surface area contributed by atoms with Gasteiger partial charge >= 0.3 is 35.8 Å². The van der Waals surface area contributed by atoms with Crippen LogP contribution in [0.15, 0.2) is 0 Å². The Morgan fingerprint density at radius 3 is 0.328 bits per heavy atom. The molecular formula is C118H226O13. The largest absolute Gasteiger partial charge is 0.465 e. The number of hydrogen-bond donors (Lipinski definition) is 0. The molecule has 0 saturated carbocycles. The van der Waals surface area contributed by atoms with Crippen molar-refractivity contribution >= 4 is 35.8 Å². The maximum Gasteiger partial charge on any atom is 0.305 e. The second kappa shape index (κ2) is 97.0. The molecule has 0 saturated heterocycles. The second-order valence-corrected chi connectivity index (χ2v) is 44.5. The van der Waals surface area contributed by atoms with Crippen molar-refractivity contribution in [2.24, 2.45) is 46.3 Å². The zero-order valence-corrected chi connectivity index (χ0v) is 89.8. The van der Waals surface area contributed by atoms with Crippen LogP contribution in [-0.2, 0) is 61.9 Å². The van der Waals surface area contributed by atoms with Crippen LogP contribution >= 0.6 is 0 Å². The van der Waals surface area contributed by atoms with Gasteiger partial charge in [0.2, 0.25) is 0 Å². The van der Waals surface area contributed by atoms with Crippen molar-refractivity contribution in [1.29, 1.82) is 0 Å². The number of esters is 6. The van der Waals surface area contributed by atoms with Gasteiger partial charge in [0.05, 0.1) is 24.0 Å². The van der Waals surface area contributed by atoms with Gasteiger partial charge in [-0.05, 0) is 74.0 Å². The summed E-state index contributed by atoms with van der Waals surface area (Å²) in [4.78, 5) is 85.0. The van der Waals surface area contributed by atoms with Crippen LogP contribution < -0.4 is 0 Å². The molecule has 0 radical (unpaired) electrons. The summed E-state index contributed by atoms with van der Waals surface area (Å²) in [6.45, 7) is 25.7. The van der Waals surface area contributed by atoms with E-state index >= 15 is 0 Å². The first-order valence-corrected chi connectivity index (χ1v) is 58.1. The van der Waals surface area contributed by atoms with Crippen molar-refractivity contribution < 1.29 is 61.9 Å². The summed E-state index contributed by atoms with van der Waals surface area (Å²) >= 11 is 0. The smallest absolute Gasteiger partial charge is 0.305 e. The predicted octanol–water partition coefficient (Wildman–Crippen LogP) is 36.9. The number of unbranched alkanes of at least 4 members (excludes halogenated alkanes) is 66. The summed E-state index contributed by atoms with van der Waals surface area (Å²) < 4.78 is 44.7. The molecule has 0 bridgehead atoms. The minimum absolute atomic E-state index is 0.215. The zero-order chi connectivity index (χ0) is 95.9. The van der Waals surface area contributed by atoms with Crippen LogP contribution in [0.25, 0.3) is 0 Å². The van der Waals surface area contributed by atoms with E-state index in [0.29, 0.717) is 38.5 Å². The standard InChI is InChI=1S/C118H226O13/c1-105(2)85-73-61-49-37-25-13-19-31-43-55-67-79-91-111(119)126-99-117(100-127-112(120)92-80-68-56-44-32-20-14-26-38-50-62-74-86-106(3)4,101-128-113(121)93-81-69-57-45-33-21-15-27-39-51-63-75-87-107(5)6)97-125-98-118(102-129-114(122)94-82-70-58-46-34-22-16-28-40-52-64-76-88-108(7)8,103-130-115(123)95-83-71-59-47-35-23-17-29-41-53-65-77-89-109(9)10)104-131-116(124)96-84-72-60-48-36-24-18-30-42-54-66-78-90-110(11)12/h105-110H,13-104H2,1-12H3. The summed E-state index contributed by atoms with van der Waals surface area (Å²) in [5, 5.41) is 0. The van der Waals surface area contributed by atoms with E-state index in [1.54, 1.807) is 0 Å². The van der Waals surface area contributed by atoms with Gasteiger partial charge in [0.15, 0.2) is 0 Å². The van der Waals surface area contributed by atoms with E-state index in [4.69, 9.17) is 33.2 Å². The lowest BCUT2D eigenvalue weighted by molar-refractivity contribution is -0.175. The highest BCUT2D eigenvalue weighted by molar-refractivity contribution is 5.71. The molecular weight excluding hydrogens is 1630 g/mol. The molecule has 0 aliphatic rings. The average molecular weight is 1850 g/mol. The van der Waals surface area contributed by atoms with Gasteiger partial charge in [0.25, 0.3) is 0 Å². The Hall–Kier alpha value is -3.22. The van der Waals surface area contributed by atoms with E-state index in [9.17, 15) is 28.8 Å². The maximum absolute atomic E-state index is 14.2. The molecule has 131 heavy (non-hydrogen) atoms. The van der Waals surface area contributed by atoms with E-state index in [2.05, 4.69) is 83.1 Å². The molecule has 0 heterocycles. The van der Waals surface area contributed by atoms with E-state index in [-0.39, 0.29) is 127 Å². The first-order valence-electron chi connectivity index (χ1n) is 58.1. The van der Waals surface area contributed by atoms with E-state index in [1.165, 1.54) is 347 Å². The van der Waals surface area contributed by atoms with E-state index in [1.807, 2.05) is 0 Å². The zero-order valence-electron chi connectivity index (χ0n) is 89.8. The van der Waals surface area contributed by atoms with Crippen LogP contribution in [0.3, 0.4) is 0 Å². The fourth-order valence-electron chi connectivity index (χ4n) is 18.4. The van der Waals surface area contributed by atoms with Gasteiger partial charge in [0.1, 0.15) is 39.6 Å². The Labute approximate surface area is 814 Å². The number of carbonyl (C=O) groups excluding carboxylic acids is 6. The number of hydrogen-bond acceptors (Lipinski definition) is 13. The number of carbonyl (C=O) groups is 6. The van der Waals surface area contributed by atoms with Crippen molar-refractivity contribution in [3.63, 3.8) is 0 Å². The molecule has 0 aliphatic carbocycles. The highest BCUT2D eigenvalue weighted by atomic mass is 16.6. The second-order valence-electron chi connectivity index (χ2n) is 44.5. The summed E-state index contributed by atoms with van der Waals surface area (Å²) in [5.41, 5.74) is -2.75. The third-order valence-corrected chi connectivity index (χ3v) is 27.5. The third kappa shape index (κ3) is 96.8. The van der Waals surface area contributed by atoms with Gasteiger partial charge in [-0.15, -0.1) is 0 Å². The molecule has 0 fully saturated rings. The van der Waals surface area contributed by atoms with Crippen LogP contribution in [-0.4, -0.2) is 88.7 Å². The predicted molar refractivity (Wildman–Crippen MR) is 558 cm³/mol. The van der Waals surface area contributed by atoms with Gasteiger partial charge < -0.3 is 33.2 Å². The quantitative estimate of drug-likeness (QED) is 0.0321. The lowest BCUT2D eigenvalue weighted by Gasteiger charge is -2.35. The SMILES string of the molecule is CC(C)CCCCCCCCCCCCCCC(=O)OCC(COCC(COC(=O)CCCCCCCCCCCCCCC(C)C)(COC(=O)CCCCCCCCCCCCCCC(C)C)COC(=O)CCCCCCCCCCCCCCC(C)C)(COC(=O)CCCCCCCCCCCCCCC(C)C)COC(=O)CCCCCCCCCCCCCCC(C)C. The lowest BCUT2D eigenvalue weighted by atomic mass is 9.90. The third-order valence-electron chi connectivity index (χ3n) is 27.5. The van der Waals surface area contributed by atoms with Gasteiger partial charge in [-0.1, -0.05) is 545 Å². The fraction of sp³-hybridized carbons (Fsp3) is 0.949. The highest BCUT2D eigenvalue weighted by Gasteiger charge is 2.41. The average Bonchev–Trinajstić information content (AvgIpc) is 0.832. The van der Waals surface area contributed by atoms with E-state index in [0.717, 1.165) is 151 Å². The molecule has 0 aromatic heterocycles. The first kappa shape index (κ1) is 128. The van der Waals surface area contributed by atoms with Gasteiger partial charge in [-0.3, -0.25) is 28.8 Å². The number of rotatable bonds is 106. The molecule has 0 aromatic rings. The summed E-state index contributed by atoms with van der Waals surface area (Å²) in [5.74, 6) is 2.40. The van der Waals surface area contributed by atoms with Crippen LogP contribution in [0.5, 0.6) is 0 Å². The Kier molecular flexibility index (Phi) is 94.6. The van der Waals surface area contributed by atoms with Crippen LogP contribution in [0, 0.1) is 46.3 Å². The molecule has 0 amide bonds. The molecule has 13 heteroatoms. The Bertz CT molecular complexity index is 2040. The minimum Gasteiger partial charge on any atom is -0.465 e. The van der Waals surface area contributed by atoms with Crippen molar-refractivity contribution in [3.05, 3.63) is 0 Å². The molecule has 0 N–H and O–H groups in total. The Balaban J connectivity index is 7.26. The molecule has 776 valence electrons. The van der Waals surface area contributed by atoms with Crippen LogP contribution in [0.4, 0.5) is 0 Å². The van der Waals surface area contributed by atoms with E-state index < -0.39 is 10.8 Å². The van der Waals surface area contributed by atoms with Gasteiger partial charge in [-0.2, -0.15) is 0 Å². The molecule has 13 nitrogen and oxygen atoms in total. The Morgan fingerprint density at radius 2 is 0.229 bits per heavy atom. The van der Waals surface area contributed by atoms with Crippen LogP contribution in [0.1, 0.15) is 622 Å². The van der Waals surface area contributed by atoms with Crippen LogP contribution in [0.2, 0.25) is 0 Å². The molecule has 0 atom stereocenters. The van der Waals surface area contributed by atoms with Gasteiger partial charge in [-0.25, -0.2) is 0 Å². The fourth-order valence-corrected chi connectivity index (χ4v) is 18.4. The van der Waals surface area contributed by atoms with Gasteiger partial charge in [0, 0.05) is 38.5 Å².